The van der Waals surface area contributed by atoms with Crippen LogP contribution in [0.25, 0.3) is 11.3 Å². The molecule has 0 saturated carbocycles. The van der Waals surface area contributed by atoms with Gasteiger partial charge in [0.2, 0.25) is 0 Å². The molecule has 0 aliphatic carbocycles. The van der Waals surface area contributed by atoms with Gasteiger partial charge in [0.1, 0.15) is 17.2 Å². The Kier molecular flexibility index (Phi) is 9.05. The Balaban J connectivity index is 1.45. The summed E-state index contributed by atoms with van der Waals surface area (Å²) in [5.74, 6) is -0.242. The molecule has 11 heteroatoms. The molecule has 0 aliphatic heterocycles. The molecule has 2 amide bonds. The van der Waals surface area contributed by atoms with Crippen LogP contribution < -0.4 is 16.0 Å². The Morgan fingerprint density at radius 3 is 2.65 bits per heavy atom. The highest BCUT2D eigenvalue weighted by Gasteiger charge is 2.18. The van der Waals surface area contributed by atoms with Crippen LogP contribution in [-0.2, 0) is 24.2 Å². The zero-order valence-corrected chi connectivity index (χ0v) is 22.6. The van der Waals surface area contributed by atoms with Gasteiger partial charge in [-0.15, -0.1) is 0 Å². The summed E-state index contributed by atoms with van der Waals surface area (Å²) < 4.78 is 18.9. The van der Waals surface area contributed by atoms with Crippen molar-refractivity contribution in [2.45, 2.75) is 45.9 Å². The van der Waals surface area contributed by atoms with E-state index in [4.69, 9.17) is 4.74 Å². The van der Waals surface area contributed by atoms with Gasteiger partial charge in [0.15, 0.2) is 0 Å². The Morgan fingerprint density at radius 1 is 1.05 bits per heavy atom. The van der Waals surface area contributed by atoms with Crippen LogP contribution in [0, 0.1) is 5.82 Å². The molecular formula is C29H32FN7O3. The van der Waals surface area contributed by atoms with Gasteiger partial charge in [0.05, 0.1) is 29.7 Å². The van der Waals surface area contributed by atoms with Crippen LogP contribution in [0.2, 0.25) is 0 Å². The molecule has 3 heterocycles. The zero-order valence-electron chi connectivity index (χ0n) is 22.6. The lowest BCUT2D eigenvalue weighted by molar-refractivity contribution is 0.0522. The number of benzene rings is 1. The Labute approximate surface area is 231 Å². The Morgan fingerprint density at radius 2 is 1.90 bits per heavy atom. The SMILES string of the molecule is CC(C)(C)OC(=O)NCc1ncccc1CNC(=O)c1ccc(-c2cn[nH]c2)nc1NCCc1cccc(F)c1. The number of rotatable bonds is 10. The van der Waals surface area contributed by atoms with Gasteiger partial charge in [-0.1, -0.05) is 18.2 Å². The third-order valence-electron chi connectivity index (χ3n) is 5.75. The van der Waals surface area contributed by atoms with E-state index >= 15 is 0 Å². The minimum absolute atomic E-state index is 0.148. The quantitative estimate of drug-likeness (QED) is 0.229. The van der Waals surface area contributed by atoms with Gasteiger partial charge >= 0.3 is 6.09 Å². The summed E-state index contributed by atoms with van der Waals surface area (Å²) in [5.41, 5.74) is 3.33. The van der Waals surface area contributed by atoms with E-state index in [1.54, 1.807) is 63.6 Å². The zero-order chi connectivity index (χ0) is 28.5. The number of nitrogens with zero attached hydrogens (tertiary/aromatic N) is 3. The average Bonchev–Trinajstić information content (AvgIpc) is 3.45. The summed E-state index contributed by atoms with van der Waals surface area (Å²) in [6.45, 7) is 6.13. The molecule has 4 rings (SSSR count). The van der Waals surface area contributed by atoms with Gasteiger partial charge in [-0.05, 0) is 68.7 Å². The number of H-pyrrole nitrogens is 1. The van der Waals surface area contributed by atoms with E-state index in [1.165, 1.54) is 12.1 Å². The number of alkyl carbamates (subject to hydrolysis) is 1. The number of halogens is 1. The molecule has 10 nitrogen and oxygen atoms in total. The molecule has 208 valence electrons. The molecule has 3 aromatic heterocycles. The van der Waals surface area contributed by atoms with Gasteiger partial charge in [-0.2, -0.15) is 5.10 Å². The number of ether oxygens (including phenoxy) is 1. The summed E-state index contributed by atoms with van der Waals surface area (Å²) >= 11 is 0. The summed E-state index contributed by atoms with van der Waals surface area (Å²) in [4.78, 5) is 34.4. The monoisotopic (exact) mass is 545 g/mol. The van der Waals surface area contributed by atoms with Crippen molar-refractivity contribution in [1.29, 1.82) is 0 Å². The van der Waals surface area contributed by atoms with E-state index in [0.717, 1.165) is 16.7 Å². The normalized spacial score (nSPS) is 11.1. The molecule has 0 unspecified atom stereocenters. The minimum Gasteiger partial charge on any atom is -0.444 e. The van der Waals surface area contributed by atoms with Crippen molar-refractivity contribution in [3.8, 4) is 11.3 Å². The molecule has 0 spiro atoms. The molecule has 4 aromatic rings. The van der Waals surface area contributed by atoms with Gasteiger partial charge in [-0.3, -0.25) is 14.9 Å². The van der Waals surface area contributed by atoms with Crippen LogP contribution in [-0.4, -0.2) is 44.3 Å². The summed E-state index contributed by atoms with van der Waals surface area (Å²) in [5, 5.41) is 15.6. The maximum Gasteiger partial charge on any atom is 0.407 e. The first kappa shape index (κ1) is 28.2. The first-order chi connectivity index (χ1) is 19.2. The predicted molar refractivity (Wildman–Crippen MR) is 149 cm³/mol. The maximum atomic E-state index is 13.6. The Bertz CT molecular complexity index is 1450. The van der Waals surface area contributed by atoms with E-state index in [1.807, 2.05) is 12.1 Å². The maximum absolute atomic E-state index is 13.6. The highest BCUT2D eigenvalue weighted by Crippen LogP contribution is 2.21. The molecule has 40 heavy (non-hydrogen) atoms. The number of anilines is 1. The number of hydrogen-bond acceptors (Lipinski definition) is 7. The number of aromatic nitrogens is 4. The van der Waals surface area contributed by atoms with Crippen molar-refractivity contribution in [2.75, 3.05) is 11.9 Å². The van der Waals surface area contributed by atoms with Crippen molar-refractivity contribution >= 4 is 17.8 Å². The minimum atomic E-state index is -0.616. The molecule has 0 fully saturated rings. The van der Waals surface area contributed by atoms with Crippen LogP contribution in [0.15, 0.2) is 67.1 Å². The third kappa shape index (κ3) is 8.10. The van der Waals surface area contributed by atoms with E-state index in [-0.39, 0.29) is 24.8 Å². The Hall–Kier alpha value is -4.80. The number of amides is 2. The molecule has 0 bridgehead atoms. The highest BCUT2D eigenvalue weighted by molar-refractivity contribution is 5.99. The lowest BCUT2D eigenvalue weighted by Gasteiger charge is -2.20. The smallest absolute Gasteiger partial charge is 0.407 e. The summed E-state index contributed by atoms with van der Waals surface area (Å²) in [6, 6.07) is 13.4. The molecule has 0 radical (unpaired) electrons. The second-order valence-corrected chi connectivity index (χ2v) is 10.0. The predicted octanol–water partition coefficient (Wildman–Crippen LogP) is 4.62. The van der Waals surface area contributed by atoms with Gasteiger partial charge < -0.3 is 20.7 Å². The van der Waals surface area contributed by atoms with E-state index in [2.05, 4.69) is 36.1 Å². The first-order valence-electron chi connectivity index (χ1n) is 12.8. The van der Waals surface area contributed by atoms with Crippen LogP contribution in [0.1, 0.15) is 48.0 Å². The summed E-state index contributed by atoms with van der Waals surface area (Å²) in [7, 11) is 0. The number of pyridine rings is 2. The van der Waals surface area contributed by atoms with Crippen LogP contribution in [0.5, 0.6) is 0 Å². The molecule has 1 aromatic carbocycles. The number of carbonyl (C=O) groups is 2. The number of carbonyl (C=O) groups excluding carboxylic acids is 2. The molecule has 0 saturated heterocycles. The molecule has 4 N–H and O–H groups in total. The highest BCUT2D eigenvalue weighted by atomic mass is 19.1. The molecule has 0 aliphatic rings. The van der Waals surface area contributed by atoms with Gasteiger partial charge in [0, 0.05) is 31.0 Å². The van der Waals surface area contributed by atoms with Gasteiger partial charge in [-0.25, -0.2) is 14.2 Å². The van der Waals surface area contributed by atoms with E-state index < -0.39 is 11.7 Å². The summed E-state index contributed by atoms with van der Waals surface area (Å²) in [6.07, 6.45) is 4.98. The van der Waals surface area contributed by atoms with Gasteiger partial charge in [0.25, 0.3) is 5.91 Å². The molecule has 0 atom stereocenters. The first-order valence-corrected chi connectivity index (χ1v) is 12.8. The van der Waals surface area contributed by atoms with Crippen LogP contribution in [0.4, 0.5) is 15.0 Å². The second-order valence-electron chi connectivity index (χ2n) is 10.0. The fourth-order valence-corrected chi connectivity index (χ4v) is 3.88. The lowest BCUT2D eigenvalue weighted by Crippen LogP contribution is -2.33. The van der Waals surface area contributed by atoms with Crippen molar-refractivity contribution in [3.05, 3.63) is 95.3 Å². The lowest BCUT2D eigenvalue weighted by atomic mass is 10.1. The van der Waals surface area contributed by atoms with E-state index in [9.17, 15) is 14.0 Å². The third-order valence-corrected chi connectivity index (χ3v) is 5.75. The topological polar surface area (TPSA) is 134 Å². The average molecular weight is 546 g/mol. The number of aromatic amines is 1. The van der Waals surface area contributed by atoms with Crippen molar-refractivity contribution in [3.63, 3.8) is 0 Å². The standard InChI is InChI=1S/C29H32FN7O3/c1-29(2,3)40-28(39)34-18-25-20(7-5-12-31-25)15-33-27(38)23-9-10-24(21-16-35-36-17-21)37-26(23)32-13-11-19-6-4-8-22(30)14-19/h4-10,12,14,16-17H,11,13,15,18H2,1-3H3,(H,32,37)(H,33,38)(H,34,39)(H,35,36). The number of nitrogens with one attached hydrogen (secondary N) is 4. The van der Waals surface area contributed by atoms with Crippen LogP contribution in [0.3, 0.4) is 0 Å². The fourth-order valence-electron chi connectivity index (χ4n) is 3.88. The van der Waals surface area contributed by atoms with Crippen molar-refractivity contribution < 1.29 is 18.7 Å². The second kappa shape index (κ2) is 12.8. The van der Waals surface area contributed by atoms with Crippen LogP contribution >= 0.6 is 0 Å². The fraction of sp³-hybridized carbons (Fsp3) is 0.276. The largest absolute Gasteiger partial charge is 0.444 e. The van der Waals surface area contributed by atoms with E-state index in [0.29, 0.717) is 35.7 Å². The number of hydrogen-bond donors (Lipinski definition) is 4. The molecular weight excluding hydrogens is 513 g/mol. The van der Waals surface area contributed by atoms with Crippen molar-refractivity contribution in [2.24, 2.45) is 0 Å². The van der Waals surface area contributed by atoms with Crippen molar-refractivity contribution in [1.82, 2.24) is 30.8 Å².